The van der Waals surface area contributed by atoms with E-state index in [-0.39, 0.29) is 0 Å². The van der Waals surface area contributed by atoms with E-state index in [4.69, 9.17) is 4.98 Å². The van der Waals surface area contributed by atoms with Crippen molar-refractivity contribution in [1.29, 1.82) is 0 Å². The second-order valence-corrected chi connectivity index (χ2v) is 5.63. The molecule has 4 rings (SSSR count). The first-order chi connectivity index (χ1) is 10.3. The predicted molar refractivity (Wildman–Crippen MR) is 82.1 cm³/mol. The van der Waals surface area contributed by atoms with E-state index in [2.05, 4.69) is 27.3 Å². The Morgan fingerprint density at radius 3 is 2.81 bits per heavy atom. The lowest BCUT2D eigenvalue weighted by atomic mass is 10.2. The van der Waals surface area contributed by atoms with Gasteiger partial charge in [-0.1, -0.05) is 30.3 Å². The fraction of sp³-hybridized carbons (Fsp3) is 0.0667. The topological polar surface area (TPSA) is 56.0 Å². The standard InChI is InChI=1S/C15H11N5S/c1-10-13(12-7-8-16-15-19-17-9-20(12)15)21-14(18-10)11-5-3-2-4-6-11/h2-9H,1H3. The summed E-state index contributed by atoms with van der Waals surface area (Å²) in [6.07, 6.45) is 3.43. The third-order valence-corrected chi connectivity index (χ3v) is 4.49. The summed E-state index contributed by atoms with van der Waals surface area (Å²) in [5.41, 5.74) is 3.15. The maximum Gasteiger partial charge on any atom is 0.255 e. The molecule has 0 saturated carbocycles. The van der Waals surface area contributed by atoms with Gasteiger partial charge in [-0.2, -0.15) is 0 Å². The van der Waals surface area contributed by atoms with Crippen LogP contribution < -0.4 is 0 Å². The highest BCUT2D eigenvalue weighted by Gasteiger charge is 2.14. The third-order valence-electron chi connectivity index (χ3n) is 3.26. The molecule has 0 aliphatic carbocycles. The molecule has 0 N–H and O–H groups in total. The van der Waals surface area contributed by atoms with Gasteiger partial charge >= 0.3 is 0 Å². The molecule has 3 heterocycles. The Bertz CT molecular complexity index is 910. The van der Waals surface area contributed by atoms with Crippen molar-refractivity contribution < 1.29 is 0 Å². The van der Waals surface area contributed by atoms with Crippen LogP contribution in [-0.4, -0.2) is 24.6 Å². The summed E-state index contributed by atoms with van der Waals surface area (Å²) in [7, 11) is 0. The quantitative estimate of drug-likeness (QED) is 0.569. The summed E-state index contributed by atoms with van der Waals surface area (Å²) >= 11 is 1.67. The monoisotopic (exact) mass is 293 g/mol. The molecule has 0 fully saturated rings. The Morgan fingerprint density at radius 2 is 1.95 bits per heavy atom. The molecular weight excluding hydrogens is 282 g/mol. The lowest BCUT2D eigenvalue weighted by Gasteiger charge is -2.01. The Kier molecular flexibility index (Phi) is 2.75. The van der Waals surface area contributed by atoms with Gasteiger partial charge in [0.1, 0.15) is 11.3 Å². The molecule has 6 heteroatoms. The molecule has 0 amide bonds. The number of benzene rings is 1. The molecule has 0 saturated heterocycles. The molecule has 0 radical (unpaired) electrons. The minimum atomic E-state index is 0.599. The maximum atomic E-state index is 4.69. The first-order valence-corrected chi connectivity index (χ1v) is 7.32. The van der Waals surface area contributed by atoms with Crippen LogP contribution in [0, 0.1) is 6.92 Å². The van der Waals surface area contributed by atoms with Crippen molar-refractivity contribution >= 4 is 17.1 Å². The lowest BCUT2D eigenvalue weighted by Crippen LogP contribution is -1.92. The Morgan fingerprint density at radius 1 is 1.10 bits per heavy atom. The molecule has 0 unspecified atom stereocenters. The molecule has 0 bridgehead atoms. The summed E-state index contributed by atoms with van der Waals surface area (Å²) in [5.74, 6) is 0.599. The highest BCUT2D eigenvalue weighted by Crippen LogP contribution is 2.34. The van der Waals surface area contributed by atoms with E-state index in [1.807, 2.05) is 35.6 Å². The number of aromatic nitrogens is 5. The molecule has 5 nitrogen and oxygen atoms in total. The molecule has 3 aromatic heterocycles. The Balaban J connectivity index is 1.90. The lowest BCUT2D eigenvalue weighted by molar-refractivity contribution is 1.10. The van der Waals surface area contributed by atoms with Crippen molar-refractivity contribution in [3.63, 3.8) is 0 Å². The van der Waals surface area contributed by atoms with Crippen molar-refractivity contribution in [2.45, 2.75) is 6.92 Å². The Hall–Kier alpha value is -2.60. The van der Waals surface area contributed by atoms with Crippen LogP contribution in [0.4, 0.5) is 0 Å². The zero-order chi connectivity index (χ0) is 14.2. The summed E-state index contributed by atoms with van der Waals surface area (Å²) < 4.78 is 1.88. The van der Waals surface area contributed by atoms with Crippen molar-refractivity contribution in [1.82, 2.24) is 24.6 Å². The zero-order valence-electron chi connectivity index (χ0n) is 11.3. The molecule has 0 spiro atoms. The van der Waals surface area contributed by atoms with E-state index in [0.29, 0.717) is 5.78 Å². The minimum Gasteiger partial charge on any atom is -0.265 e. The van der Waals surface area contributed by atoms with Gasteiger partial charge in [-0.15, -0.1) is 21.5 Å². The molecule has 0 aliphatic heterocycles. The number of hydrogen-bond acceptors (Lipinski definition) is 5. The third kappa shape index (κ3) is 2.00. The largest absolute Gasteiger partial charge is 0.265 e. The Labute approximate surface area is 125 Å². The number of fused-ring (bicyclic) bond motifs is 1. The molecule has 0 atom stereocenters. The van der Waals surface area contributed by atoms with Gasteiger partial charge < -0.3 is 0 Å². The maximum absolute atomic E-state index is 4.69. The molecular formula is C15H11N5S. The highest BCUT2D eigenvalue weighted by molar-refractivity contribution is 7.18. The second kappa shape index (κ2) is 4.75. The van der Waals surface area contributed by atoms with Crippen LogP contribution in [-0.2, 0) is 0 Å². The number of rotatable bonds is 2. The van der Waals surface area contributed by atoms with Crippen LogP contribution in [0.25, 0.3) is 26.9 Å². The first kappa shape index (κ1) is 12.2. The van der Waals surface area contributed by atoms with Gasteiger partial charge in [0.25, 0.3) is 5.78 Å². The van der Waals surface area contributed by atoms with Gasteiger partial charge in [0.15, 0.2) is 0 Å². The average Bonchev–Trinajstić information content (AvgIpc) is 3.14. The minimum absolute atomic E-state index is 0.599. The first-order valence-electron chi connectivity index (χ1n) is 6.51. The van der Waals surface area contributed by atoms with Gasteiger partial charge in [0.05, 0.1) is 16.3 Å². The number of hydrogen-bond donors (Lipinski definition) is 0. The highest BCUT2D eigenvalue weighted by atomic mass is 32.1. The fourth-order valence-electron chi connectivity index (χ4n) is 2.27. The number of aryl methyl sites for hydroxylation is 1. The smallest absolute Gasteiger partial charge is 0.255 e. The van der Waals surface area contributed by atoms with E-state index in [9.17, 15) is 0 Å². The molecule has 1 aromatic carbocycles. The second-order valence-electron chi connectivity index (χ2n) is 4.63. The van der Waals surface area contributed by atoms with E-state index < -0.39 is 0 Å². The summed E-state index contributed by atoms with van der Waals surface area (Å²) in [6, 6.07) is 12.2. The van der Waals surface area contributed by atoms with Crippen molar-refractivity contribution in [3.8, 4) is 21.1 Å². The van der Waals surface area contributed by atoms with E-state index in [1.165, 1.54) is 0 Å². The van der Waals surface area contributed by atoms with Crippen molar-refractivity contribution in [2.24, 2.45) is 0 Å². The van der Waals surface area contributed by atoms with Crippen molar-refractivity contribution in [3.05, 3.63) is 54.6 Å². The molecule has 21 heavy (non-hydrogen) atoms. The molecule has 102 valence electrons. The fourth-order valence-corrected chi connectivity index (χ4v) is 3.36. The van der Waals surface area contributed by atoms with E-state index >= 15 is 0 Å². The molecule has 4 aromatic rings. The van der Waals surface area contributed by atoms with Crippen LogP contribution in [0.1, 0.15) is 5.69 Å². The zero-order valence-corrected chi connectivity index (χ0v) is 12.1. The van der Waals surface area contributed by atoms with Gasteiger partial charge in [-0.05, 0) is 13.0 Å². The number of thiazole rings is 1. The van der Waals surface area contributed by atoms with Crippen LogP contribution in [0.5, 0.6) is 0 Å². The summed E-state index contributed by atoms with van der Waals surface area (Å²) in [5, 5.41) is 8.92. The van der Waals surface area contributed by atoms with Gasteiger partial charge in [0.2, 0.25) is 0 Å². The van der Waals surface area contributed by atoms with Crippen molar-refractivity contribution in [2.75, 3.05) is 0 Å². The van der Waals surface area contributed by atoms with Crippen LogP contribution >= 0.6 is 11.3 Å². The number of nitrogens with zero attached hydrogens (tertiary/aromatic N) is 5. The average molecular weight is 293 g/mol. The summed E-state index contributed by atoms with van der Waals surface area (Å²) in [6.45, 7) is 2.02. The van der Waals surface area contributed by atoms with Crippen LogP contribution in [0.2, 0.25) is 0 Å². The van der Waals surface area contributed by atoms with Crippen LogP contribution in [0.3, 0.4) is 0 Å². The van der Waals surface area contributed by atoms with Gasteiger partial charge in [-0.3, -0.25) is 4.40 Å². The van der Waals surface area contributed by atoms with E-state index in [1.54, 1.807) is 23.9 Å². The van der Waals surface area contributed by atoms with Gasteiger partial charge in [0, 0.05) is 11.8 Å². The van der Waals surface area contributed by atoms with Crippen LogP contribution in [0.15, 0.2) is 48.9 Å². The normalized spacial score (nSPS) is 11.1. The predicted octanol–water partition coefficient (Wildman–Crippen LogP) is 3.22. The van der Waals surface area contributed by atoms with E-state index in [0.717, 1.165) is 26.8 Å². The van der Waals surface area contributed by atoms with Gasteiger partial charge in [-0.25, -0.2) is 9.97 Å². The SMILES string of the molecule is Cc1nc(-c2ccccc2)sc1-c1ccnc2nncn12. The molecule has 0 aliphatic rings. The summed E-state index contributed by atoms with van der Waals surface area (Å²) in [4.78, 5) is 10.0.